The Hall–Kier alpha value is -1.75. The van der Waals surface area contributed by atoms with Gasteiger partial charge in [-0.15, -0.1) is 12.4 Å². The van der Waals surface area contributed by atoms with Crippen LogP contribution in [0.15, 0.2) is 24.3 Å². The lowest BCUT2D eigenvalue weighted by atomic mass is 10.1. The smallest absolute Gasteiger partial charge is 0.325 e. The number of nitrogen functional groups attached to an aromatic ring is 1. The number of hydrogen-bond donors (Lipinski definition) is 1. The molecule has 6 heteroatoms. The first-order valence-electron chi connectivity index (χ1n) is 7.40. The first-order chi connectivity index (χ1) is 10.1. The number of esters is 1. The maximum atomic E-state index is 12.3. The molecule has 1 fully saturated rings. The third-order valence-electron chi connectivity index (χ3n) is 3.58. The van der Waals surface area contributed by atoms with E-state index >= 15 is 0 Å². The normalized spacial score (nSPS) is 13.1. The van der Waals surface area contributed by atoms with E-state index in [1.54, 1.807) is 11.8 Å². The summed E-state index contributed by atoms with van der Waals surface area (Å²) >= 11 is 0. The van der Waals surface area contributed by atoms with Crippen LogP contribution in [-0.4, -0.2) is 36.0 Å². The molecule has 0 radical (unpaired) electrons. The van der Waals surface area contributed by atoms with Gasteiger partial charge in [0, 0.05) is 18.2 Å². The fourth-order valence-electron chi connectivity index (χ4n) is 2.30. The molecule has 1 amide bonds. The Balaban J connectivity index is 0.00000242. The van der Waals surface area contributed by atoms with Crippen LogP contribution in [0.5, 0.6) is 0 Å². The number of carbonyl (C=O) groups is 2. The van der Waals surface area contributed by atoms with E-state index in [1.165, 1.54) is 0 Å². The zero-order valence-corrected chi connectivity index (χ0v) is 13.6. The number of para-hydroxylation sites is 1. The molecule has 1 aliphatic carbocycles. The van der Waals surface area contributed by atoms with Gasteiger partial charge in [-0.3, -0.25) is 9.59 Å². The minimum absolute atomic E-state index is 0. The predicted molar refractivity (Wildman–Crippen MR) is 87.8 cm³/mol. The van der Waals surface area contributed by atoms with Crippen LogP contribution in [0.4, 0.5) is 5.69 Å². The van der Waals surface area contributed by atoms with Gasteiger partial charge in [0.2, 0.25) is 5.91 Å². The van der Waals surface area contributed by atoms with Crippen molar-refractivity contribution in [1.29, 1.82) is 0 Å². The molecule has 0 atom stereocenters. The number of nitrogens with two attached hydrogens (primary N) is 1. The number of rotatable bonds is 7. The number of nitrogens with zero attached hydrogens (tertiary/aromatic N) is 1. The number of anilines is 1. The lowest BCUT2D eigenvalue weighted by molar-refractivity contribution is -0.149. The Morgan fingerprint density at radius 1 is 1.32 bits per heavy atom. The highest BCUT2D eigenvalue weighted by Gasteiger charge is 2.33. The van der Waals surface area contributed by atoms with E-state index in [1.807, 2.05) is 24.3 Å². The van der Waals surface area contributed by atoms with Crippen molar-refractivity contribution >= 4 is 30.0 Å². The van der Waals surface area contributed by atoms with Crippen LogP contribution in [0.1, 0.15) is 31.7 Å². The molecule has 22 heavy (non-hydrogen) atoms. The molecule has 0 aliphatic heterocycles. The SMILES string of the molecule is CCOC(=O)CN(C(=O)CCc1ccccc1N)C1CC1.Cl. The van der Waals surface area contributed by atoms with Gasteiger partial charge < -0.3 is 15.4 Å². The molecule has 122 valence electrons. The Kier molecular flexibility index (Phi) is 7.18. The highest BCUT2D eigenvalue weighted by molar-refractivity contribution is 5.85. The molecule has 1 aliphatic rings. The molecule has 1 aromatic rings. The zero-order chi connectivity index (χ0) is 15.2. The van der Waals surface area contributed by atoms with E-state index in [2.05, 4.69) is 0 Å². The number of ether oxygens (including phenoxy) is 1. The second-order valence-corrected chi connectivity index (χ2v) is 5.26. The number of hydrogen-bond acceptors (Lipinski definition) is 4. The molecule has 0 aromatic heterocycles. The van der Waals surface area contributed by atoms with Crippen LogP contribution >= 0.6 is 12.4 Å². The fourth-order valence-corrected chi connectivity index (χ4v) is 2.30. The third kappa shape index (κ3) is 5.22. The van der Waals surface area contributed by atoms with E-state index in [4.69, 9.17) is 10.5 Å². The van der Waals surface area contributed by atoms with Gasteiger partial charge in [0.25, 0.3) is 0 Å². The van der Waals surface area contributed by atoms with Gasteiger partial charge in [0.05, 0.1) is 6.61 Å². The molecule has 0 spiro atoms. The molecule has 1 saturated carbocycles. The highest BCUT2D eigenvalue weighted by Crippen LogP contribution is 2.27. The summed E-state index contributed by atoms with van der Waals surface area (Å²) in [6.45, 7) is 2.16. The summed E-state index contributed by atoms with van der Waals surface area (Å²) < 4.78 is 4.93. The Morgan fingerprint density at radius 2 is 2.00 bits per heavy atom. The van der Waals surface area contributed by atoms with Crippen molar-refractivity contribution in [2.45, 2.75) is 38.6 Å². The quantitative estimate of drug-likeness (QED) is 0.615. The number of carbonyl (C=O) groups excluding carboxylic acids is 2. The summed E-state index contributed by atoms with van der Waals surface area (Å²) in [4.78, 5) is 25.6. The largest absolute Gasteiger partial charge is 0.465 e. The average molecular weight is 327 g/mol. The number of amides is 1. The van der Waals surface area contributed by atoms with Crippen LogP contribution in [-0.2, 0) is 20.7 Å². The van der Waals surface area contributed by atoms with Gasteiger partial charge in [-0.2, -0.15) is 0 Å². The molecule has 5 nitrogen and oxygen atoms in total. The van der Waals surface area contributed by atoms with Gasteiger partial charge in [-0.1, -0.05) is 18.2 Å². The molecule has 2 N–H and O–H groups in total. The maximum absolute atomic E-state index is 12.3. The first-order valence-corrected chi connectivity index (χ1v) is 7.40. The van der Waals surface area contributed by atoms with Gasteiger partial charge in [-0.25, -0.2) is 0 Å². The number of aryl methyl sites for hydroxylation is 1. The summed E-state index contributed by atoms with van der Waals surface area (Å²) in [5.41, 5.74) is 7.55. The summed E-state index contributed by atoms with van der Waals surface area (Å²) in [6.07, 6.45) is 2.90. The Bertz CT molecular complexity index is 518. The van der Waals surface area contributed by atoms with Gasteiger partial charge >= 0.3 is 5.97 Å². The monoisotopic (exact) mass is 326 g/mol. The van der Waals surface area contributed by atoms with Crippen molar-refractivity contribution in [3.8, 4) is 0 Å². The Morgan fingerprint density at radius 3 is 2.59 bits per heavy atom. The van der Waals surface area contributed by atoms with Crippen molar-refractivity contribution < 1.29 is 14.3 Å². The molecule has 0 heterocycles. The minimum Gasteiger partial charge on any atom is -0.465 e. The fraction of sp³-hybridized carbons (Fsp3) is 0.500. The topological polar surface area (TPSA) is 72.6 Å². The molecule has 0 saturated heterocycles. The summed E-state index contributed by atoms with van der Waals surface area (Å²) in [6, 6.07) is 7.74. The lowest BCUT2D eigenvalue weighted by Gasteiger charge is -2.21. The van der Waals surface area contributed by atoms with Gasteiger partial charge in [-0.05, 0) is 37.8 Å². The summed E-state index contributed by atoms with van der Waals surface area (Å²) in [7, 11) is 0. The van der Waals surface area contributed by atoms with E-state index in [9.17, 15) is 9.59 Å². The van der Waals surface area contributed by atoms with Crippen molar-refractivity contribution in [3.63, 3.8) is 0 Å². The second-order valence-electron chi connectivity index (χ2n) is 5.26. The van der Waals surface area contributed by atoms with E-state index in [0.29, 0.717) is 25.1 Å². The van der Waals surface area contributed by atoms with Gasteiger partial charge in [0.1, 0.15) is 6.54 Å². The van der Waals surface area contributed by atoms with Crippen molar-refractivity contribution in [1.82, 2.24) is 4.90 Å². The second kappa shape index (κ2) is 8.63. The Labute approximate surface area is 137 Å². The molecule has 1 aromatic carbocycles. The lowest BCUT2D eigenvalue weighted by Crippen LogP contribution is -2.38. The van der Waals surface area contributed by atoms with Crippen molar-refractivity contribution in [2.75, 3.05) is 18.9 Å². The van der Waals surface area contributed by atoms with Crippen molar-refractivity contribution in [2.24, 2.45) is 0 Å². The van der Waals surface area contributed by atoms with E-state index in [0.717, 1.165) is 18.4 Å². The van der Waals surface area contributed by atoms with Gasteiger partial charge in [0.15, 0.2) is 0 Å². The maximum Gasteiger partial charge on any atom is 0.325 e. The van der Waals surface area contributed by atoms with E-state index < -0.39 is 0 Å². The van der Waals surface area contributed by atoms with Crippen LogP contribution < -0.4 is 5.73 Å². The summed E-state index contributed by atoms with van der Waals surface area (Å²) in [5.74, 6) is -0.342. The number of benzene rings is 1. The van der Waals surface area contributed by atoms with Crippen LogP contribution in [0.2, 0.25) is 0 Å². The van der Waals surface area contributed by atoms with Crippen LogP contribution in [0.25, 0.3) is 0 Å². The van der Waals surface area contributed by atoms with Crippen LogP contribution in [0, 0.1) is 0 Å². The molecular formula is C16H23ClN2O3. The molecule has 0 unspecified atom stereocenters. The standard InChI is InChI=1S/C16H22N2O3.ClH/c1-2-21-16(20)11-18(13-8-9-13)15(19)10-7-12-5-3-4-6-14(12)17;/h3-6,13H,2,7-11,17H2,1H3;1H. The van der Waals surface area contributed by atoms with E-state index in [-0.39, 0.29) is 36.9 Å². The minimum atomic E-state index is -0.336. The average Bonchev–Trinajstić information content (AvgIpc) is 3.28. The zero-order valence-electron chi connectivity index (χ0n) is 12.8. The molecular weight excluding hydrogens is 304 g/mol. The first kappa shape index (κ1) is 18.3. The summed E-state index contributed by atoms with van der Waals surface area (Å²) in [5, 5.41) is 0. The molecule has 0 bridgehead atoms. The predicted octanol–water partition coefficient (Wildman–Crippen LogP) is 2.18. The van der Waals surface area contributed by atoms with Crippen LogP contribution in [0.3, 0.4) is 0 Å². The molecule has 2 rings (SSSR count). The van der Waals surface area contributed by atoms with Crippen molar-refractivity contribution in [3.05, 3.63) is 29.8 Å². The highest BCUT2D eigenvalue weighted by atomic mass is 35.5. The third-order valence-corrected chi connectivity index (χ3v) is 3.58. The number of halogens is 1.